The summed E-state index contributed by atoms with van der Waals surface area (Å²) in [7, 11) is 1.86. The lowest BCUT2D eigenvalue weighted by Gasteiger charge is -2.29. The molecule has 0 radical (unpaired) electrons. The number of carbonyl (C=O) groups excluding carboxylic acids is 1. The molecule has 1 aliphatic rings. The molecule has 1 aromatic carbocycles. The molecule has 5 nitrogen and oxygen atoms in total. The van der Waals surface area contributed by atoms with Gasteiger partial charge >= 0.3 is 0 Å². The van der Waals surface area contributed by atoms with E-state index in [2.05, 4.69) is 11.1 Å². The number of nitrogens with zero attached hydrogens (tertiary/aromatic N) is 3. The molecule has 0 saturated carbocycles. The smallest absolute Gasteiger partial charge is 0.278 e. The van der Waals surface area contributed by atoms with Gasteiger partial charge in [-0.05, 0) is 30.0 Å². The van der Waals surface area contributed by atoms with Crippen LogP contribution in [0.2, 0.25) is 0 Å². The minimum atomic E-state index is -0.0351. The van der Waals surface area contributed by atoms with Crippen LogP contribution in [0, 0.1) is 0 Å². The quantitative estimate of drug-likeness (QED) is 0.921. The third kappa shape index (κ3) is 2.94. The number of benzene rings is 1. The Morgan fingerprint density at radius 2 is 2.24 bits per heavy atom. The summed E-state index contributed by atoms with van der Waals surface area (Å²) in [6, 6.07) is 6.09. The number of amides is 1. The molecule has 2 heterocycles. The number of imidazole rings is 1. The van der Waals surface area contributed by atoms with E-state index in [9.17, 15) is 4.79 Å². The number of halogens is 1. The summed E-state index contributed by atoms with van der Waals surface area (Å²) in [5.41, 5.74) is 9.46. The van der Waals surface area contributed by atoms with Crippen LogP contribution < -0.4 is 10.6 Å². The maximum absolute atomic E-state index is 12.6. The number of aryl methyl sites for hydroxylation is 2. The molecule has 0 spiro atoms. The van der Waals surface area contributed by atoms with Gasteiger partial charge in [0.05, 0.1) is 6.33 Å². The van der Waals surface area contributed by atoms with Gasteiger partial charge in [0.25, 0.3) is 5.91 Å². The molecule has 21 heavy (non-hydrogen) atoms. The van der Waals surface area contributed by atoms with Crippen LogP contribution in [0.3, 0.4) is 0 Å². The van der Waals surface area contributed by atoms with E-state index >= 15 is 0 Å². The predicted molar refractivity (Wildman–Crippen MR) is 84.8 cm³/mol. The van der Waals surface area contributed by atoms with Crippen molar-refractivity contribution in [2.75, 3.05) is 11.4 Å². The molecule has 2 N–H and O–H groups in total. The molecule has 1 aromatic heterocycles. The second-order valence-electron chi connectivity index (χ2n) is 5.15. The summed E-state index contributed by atoms with van der Waals surface area (Å²) in [6.45, 7) is 1.27. The number of hydrogen-bond donors (Lipinski definition) is 1. The molecular formula is C15H19ClN4O. The van der Waals surface area contributed by atoms with Crippen LogP contribution in [0.15, 0.2) is 30.7 Å². The maximum atomic E-state index is 12.6. The molecule has 0 fully saturated rings. The van der Waals surface area contributed by atoms with Crippen molar-refractivity contribution in [1.82, 2.24) is 9.55 Å². The number of nitrogens with two attached hydrogens (primary N) is 1. The molecule has 3 rings (SSSR count). The molecule has 112 valence electrons. The molecule has 1 aliphatic heterocycles. The molecule has 1 amide bonds. The van der Waals surface area contributed by atoms with E-state index in [1.54, 1.807) is 17.1 Å². The van der Waals surface area contributed by atoms with E-state index < -0.39 is 0 Å². The zero-order chi connectivity index (χ0) is 14.1. The minimum Gasteiger partial charge on any atom is -0.340 e. The number of anilines is 1. The van der Waals surface area contributed by atoms with E-state index in [1.165, 1.54) is 5.56 Å². The Morgan fingerprint density at radius 1 is 1.43 bits per heavy atom. The van der Waals surface area contributed by atoms with E-state index in [0.717, 1.165) is 30.6 Å². The van der Waals surface area contributed by atoms with Crippen molar-refractivity contribution < 1.29 is 4.79 Å². The molecule has 0 bridgehead atoms. The molecule has 0 unspecified atom stereocenters. The zero-order valence-corrected chi connectivity index (χ0v) is 12.8. The molecule has 0 atom stereocenters. The van der Waals surface area contributed by atoms with Crippen LogP contribution in [-0.2, 0) is 20.0 Å². The number of aromatic nitrogens is 2. The highest BCUT2D eigenvalue weighted by Crippen LogP contribution is 2.29. The number of carbonyl (C=O) groups is 1. The Morgan fingerprint density at radius 3 is 2.90 bits per heavy atom. The van der Waals surface area contributed by atoms with Crippen molar-refractivity contribution in [3.63, 3.8) is 0 Å². The average Bonchev–Trinajstić information content (AvgIpc) is 2.91. The molecule has 0 saturated heterocycles. The fraction of sp³-hybridized carbons (Fsp3) is 0.333. The van der Waals surface area contributed by atoms with E-state index in [1.807, 2.05) is 24.1 Å². The first kappa shape index (κ1) is 15.5. The fourth-order valence-electron chi connectivity index (χ4n) is 2.65. The summed E-state index contributed by atoms with van der Waals surface area (Å²) >= 11 is 0. The van der Waals surface area contributed by atoms with Gasteiger partial charge in [-0.15, -0.1) is 12.4 Å². The monoisotopic (exact) mass is 306 g/mol. The largest absolute Gasteiger partial charge is 0.340 e. The summed E-state index contributed by atoms with van der Waals surface area (Å²) < 4.78 is 1.79. The van der Waals surface area contributed by atoms with Crippen LogP contribution in [0.5, 0.6) is 0 Å². The van der Waals surface area contributed by atoms with E-state index in [4.69, 9.17) is 5.73 Å². The SMILES string of the molecule is Cl.Cn1cnc(C(=O)N2CCCc3cc(CN)ccc32)c1. The van der Waals surface area contributed by atoms with Crippen molar-refractivity contribution >= 4 is 24.0 Å². The van der Waals surface area contributed by atoms with E-state index in [-0.39, 0.29) is 18.3 Å². The van der Waals surface area contributed by atoms with Crippen LogP contribution >= 0.6 is 12.4 Å². The first-order valence-electron chi connectivity index (χ1n) is 6.81. The number of rotatable bonds is 2. The van der Waals surface area contributed by atoms with Gasteiger partial charge in [-0.25, -0.2) is 4.98 Å². The second kappa shape index (κ2) is 6.28. The molecule has 6 heteroatoms. The predicted octanol–water partition coefficient (Wildman–Crippen LogP) is 1.89. The normalized spacial score (nSPS) is 13.5. The van der Waals surface area contributed by atoms with Crippen LogP contribution in [0.4, 0.5) is 5.69 Å². The highest BCUT2D eigenvalue weighted by molar-refractivity contribution is 6.05. The Hall–Kier alpha value is -1.85. The lowest BCUT2D eigenvalue weighted by Crippen LogP contribution is -2.35. The molecule has 2 aromatic rings. The van der Waals surface area contributed by atoms with Crippen molar-refractivity contribution in [3.05, 3.63) is 47.5 Å². The third-order valence-corrected chi connectivity index (χ3v) is 3.67. The Kier molecular flexibility index (Phi) is 4.65. The topological polar surface area (TPSA) is 64.2 Å². The van der Waals surface area contributed by atoms with Crippen molar-refractivity contribution in [2.45, 2.75) is 19.4 Å². The lowest BCUT2D eigenvalue weighted by molar-refractivity contribution is 0.0980. The van der Waals surface area contributed by atoms with Gasteiger partial charge in [-0.3, -0.25) is 4.79 Å². The van der Waals surface area contributed by atoms with Gasteiger partial charge in [-0.1, -0.05) is 12.1 Å². The van der Waals surface area contributed by atoms with Crippen molar-refractivity contribution in [3.8, 4) is 0 Å². The van der Waals surface area contributed by atoms with Gasteiger partial charge in [0.1, 0.15) is 5.69 Å². The summed E-state index contributed by atoms with van der Waals surface area (Å²) in [5, 5.41) is 0. The average molecular weight is 307 g/mol. The first-order chi connectivity index (χ1) is 9.69. The first-order valence-corrected chi connectivity index (χ1v) is 6.81. The minimum absolute atomic E-state index is 0. The zero-order valence-electron chi connectivity index (χ0n) is 12.0. The molecule has 0 aliphatic carbocycles. The Labute approximate surface area is 130 Å². The summed E-state index contributed by atoms with van der Waals surface area (Å²) in [4.78, 5) is 18.5. The van der Waals surface area contributed by atoms with Gasteiger partial charge in [0, 0.05) is 32.0 Å². The van der Waals surface area contributed by atoms with Crippen LogP contribution in [-0.4, -0.2) is 22.0 Å². The molecular weight excluding hydrogens is 288 g/mol. The Balaban J connectivity index is 0.00000161. The highest BCUT2D eigenvalue weighted by Gasteiger charge is 2.24. The third-order valence-electron chi connectivity index (χ3n) is 3.67. The standard InChI is InChI=1S/C15H18N4O.ClH/c1-18-9-13(17-10-18)15(20)19-6-2-3-12-7-11(8-16)4-5-14(12)19;/h4-5,7,9-10H,2-3,6,8,16H2,1H3;1H. The van der Waals surface area contributed by atoms with Gasteiger partial charge in [0.2, 0.25) is 0 Å². The van der Waals surface area contributed by atoms with E-state index in [0.29, 0.717) is 12.2 Å². The van der Waals surface area contributed by atoms with Gasteiger partial charge in [-0.2, -0.15) is 0 Å². The lowest BCUT2D eigenvalue weighted by atomic mass is 9.99. The fourth-order valence-corrected chi connectivity index (χ4v) is 2.65. The second-order valence-corrected chi connectivity index (χ2v) is 5.15. The Bertz CT molecular complexity index is 653. The van der Waals surface area contributed by atoms with Crippen molar-refractivity contribution in [2.24, 2.45) is 12.8 Å². The summed E-state index contributed by atoms with van der Waals surface area (Å²) in [6.07, 6.45) is 5.37. The van der Waals surface area contributed by atoms with Crippen molar-refractivity contribution in [1.29, 1.82) is 0 Å². The summed E-state index contributed by atoms with van der Waals surface area (Å²) in [5.74, 6) is -0.0351. The number of fused-ring (bicyclic) bond motifs is 1. The van der Waals surface area contributed by atoms with Crippen LogP contribution in [0.1, 0.15) is 28.0 Å². The van der Waals surface area contributed by atoms with Gasteiger partial charge < -0.3 is 15.2 Å². The number of hydrogen-bond acceptors (Lipinski definition) is 3. The highest BCUT2D eigenvalue weighted by atomic mass is 35.5. The van der Waals surface area contributed by atoms with Gasteiger partial charge in [0.15, 0.2) is 0 Å². The maximum Gasteiger partial charge on any atom is 0.278 e. The van der Waals surface area contributed by atoms with Crippen LogP contribution in [0.25, 0.3) is 0 Å².